The molecule has 3 fully saturated rings. The van der Waals surface area contributed by atoms with Gasteiger partial charge in [0.15, 0.2) is 0 Å². The summed E-state index contributed by atoms with van der Waals surface area (Å²) in [5, 5.41) is 18.8. The second kappa shape index (κ2) is 15.2. The Morgan fingerprint density at radius 2 is 1.73 bits per heavy atom. The van der Waals surface area contributed by atoms with Crippen molar-refractivity contribution >= 4 is 17.5 Å². The Morgan fingerprint density at radius 3 is 2.42 bits per heavy atom. The summed E-state index contributed by atoms with van der Waals surface area (Å²) in [6, 6.07) is 17.5. The summed E-state index contributed by atoms with van der Waals surface area (Å²) in [7, 11) is 0. The molecule has 0 radical (unpaired) electrons. The number of hydrogen-bond acceptors (Lipinski definition) is 6. The quantitative estimate of drug-likeness (QED) is 0.202. The number of ether oxygens (including phenoxy) is 1. The number of carbonyl (C=O) groups is 2. The fourth-order valence-corrected chi connectivity index (χ4v) is 9.02. The molecule has 1 saturated heterocycles. The Labute approximate surface area is 308 Å². The van der Waals surface area contributed by atoms with E-state index in [1.54, 1.807) is 21.7 Å². The molecule has 0 unspecified atom stereocenters. The third-order valence-electron chi connectivity index (χ3n) is 11.6. The highest BCUT2D eigenvalue weighted by Crippen LogP contribution is 2.47. The van der Waals surface area contributed by atoms with E-state index in [9.17, 15) is 19.5 Å². The fourth-order valence-electron chi connectivity index (χ4n) is 9.02. The number of pyridine rings is 1. The van der Waals surface area contributed by atoms with Crippen molar-refractivity contribution in [1.29, 1.82) is 0 Å². The van der Waals surface area contributed by atoms with Gasteiger partial charge in [-0.05, 0) is 86.5 Å². The van der Waals surface area contributed by atoms with E-state index >= 15 is 0 Å². The van der Waals surface area contributed by atoms with E-state index in [4.69, 9.17) is 4.74 Å². The molecular weight excluding hydrogens is 652 g/mol. The summed E-state index contributed by atoms with van der Waals surface area (Å²) in [5.41, 5.74) is 3.73. The van der Waals surface area contributed by atoms with E-state index in [0.717, 1.165) is 81.1 Å². The van der Waals surface area contributed by atoms with E-state index < -0.39 is 12.1 Å². The smallest absolute Gasteiger partial charge is 0.274 e. The second-order valence-corrected chi connectivity index (χ2v) is 17.0. The largest absolute Gasteiger partial charge is 0.487 e. The number of aromatic nitrogens is 1. The number of nitrogens with one attached hydrogen (secondary N) is 2. The molecular formula is C43H56N4O5. The molecule has 278 valence electrons. The number of aliphatic hydroxyl groups excluding tert-OH is 1. The second-order valence-electron chi connectivity index (χ2n) is 17.0. The number of benzene rings is 2. The minimum absolute atomic E-state index is 0.0000185. The van der Waals surface area contributed by atoms with Crippen LogP contribution in [0.15, 0.2) is 65.6 Å². The maximum Gasteiger partial charge on any atom is 0.274 e. The Balaban J connectivity index is 1.15. The van der Waals surface area contributed by atoms with Gasteiger partial charge in [0.1, 0.15) is 17.0 Å². The zero-order chi connectivity index (χ0) is 36.5. The average Bonchev–Trinajstić information content (AvgIpc) is 3.90. The lowest BCUT2D eigenvalue weighted by molar-refractivity contribution is -0.117. The van der Waals surface area contributed by atoms with E-state index in [2.05, 4.69) is 49.6 Å². The van der Waals surface area contributed by atoms with Crippen molar-refractivity contribution in [2.24, 2.45) is 5.41 Å². The summed E-state index contributed by atoms with van der Waals surface area (Å²) >= 11 is 0. The van der Waals surface area contributed by atoms with Gasteiger partial charge in [-0.1, -0.05) is 76.1 Å². The van der Waals surface area contributed by atoms with Gasteiger partial charge in [0, 0.05) is 49.8 Å². The maximum absolute atomic E-state index is 14.2. The average molecular weight is 709 g/mol. The molecule has 2 aliphatic carbocycles. The van der Waals surface area contributed by atoms with Crippen LogP contribution in [0.4, 0.5) is 5.69 Å². The summed E-state index contributed by atoms with van der Waals surface area (Å²) in [6.45, 7) is 7.49. The van der Waals surface area contributed by atoms with Crippen molar-refractivity contribution in [2.75, 3.05) is 18.0 Å². The Hall–Kier alpha value is -3.95. The van der Waals surface area contributed by atoms with Gasteiger partial charge in [-0.2, -0.15) is 0 Å². The van der Waals surface area contributed by atoms with Gasteiger partial charge in [-0.3, -0.25) is 14.4 Å². The van der Waals surface area contributed by atoms with Crippen LogP contribution in [0.3, 0.4) is 0 Å². The highest BCUT2D eigenvalue weighted by molar-refractivity contribution is 5.98. The fraction of sp³-hybridized carbons (Fsp3) is 0.558. The number of anilines is 1. The molecule has 2 aliphatic heterocycles. The van der Waals surface area contributed by atoms with Crippen molar-refractivity contribution < 1.29 is 19.4 Å². The predicted octanol–water partition coefficient (Wildman–Crippen LogP) is 6.81. The van der Waals surface area contributed by atoms with E-state index in [1.165, 1.54) is 5.56 Å². The van der Waals surface area contributed by atoms with Crippen LogP contribution >= 0.6 is 0 Å². The van der Waals surface area contributed by atoms with Gasteiger partial charge in [-0.15, -0.1) is 0 Å². The number of rotatable bonds is 11. The molecule has 0 bridgehead atoms. The van der Waals surface area contributed by atoms with Crippen molar-refractivity contribution in [3.05, 3.63) is 93.4 Å². The summed E-state index contributed by atoms with van der Waals surface area (Å²) < 4.78 is 8.41. The topological polar surface area (TPSA) is 113 Å². The lowest BCUT2D eigenvalue weighted by Gasteiger charge is -2.41. The monoisotopic (exact) mass is 708 g/mol. The summed E-state index contributed by atoms with van der Waals surface area (Å²) in [5.74, 6) is 0.472. The number of amides is 2. The van der Waals surface area contributed by atoms with Crippen LogP contribution in [0.5, 0.6) is 5.75 Å². The Bertz CT molecular complexity index is 1800. The first kappa shape index (κ1) is 36.4. The Kier molecular flexibility index (Phi) is 10.6. The highest BCUT2D eigenvalue weighted by Gasteiger charge is 2.43. The van der Waals surface area contributed by atoms with Crippen molar-refractivity contribution in [2.45, 2.75) is 134 Å². The van der Waals surface area contributed by atoms with E-state index in [0.29, 0.717) is 31.4 Å². The molecule has 3 N–H and O–H groups in total. The predicted molar refractivity (Wildman–Crippen MR) is 204 cm³/mol. The molecule has 7 rings (SSSR count). The zero-order valence-corrected chi connectivity index (χ0v) is 31.2. The number of fused-ring (bicyclic) bond motifs is 1. The molecule has 9 heteroatoms. The first-order valence-electron chi connectivity index (χ1n) is 19.6. The van der Waals surface area contributed by atoms with Crippen LogP contribution in [-0.4, -0.2) is 52.3 Å². The minimum atomic E-state index is -0.909. The number of carbonyl (C=O) groups excluding carboxylic acids is 2. The van der Waals surface area contributed by atoms with Gasteiger partial charge in [0.25, 0.3) is 11.5 Å². The summed E-state index contributed by atoms with van der Waals surface area (Å²) in [4.78, 5) is 42.2. The lowest BCUT2D eigenvalue weighted by atomic mass is 9.83. The van der Waals surface area contributed by atoms with Crippen LogP contribution in [0.25, 0.3) is 0 Å². The molecule has 4 aliphatic rings. The van der Waals surface area contributed by atoms with Crippen LogP contribution in [0.2, 0.25) is 0 Å². The number of nitrogens with zero attached hydrogens (tertiary/aromatic N) is 2. The van der Waals surface area contributed by atoms with Crippen LogP contribution in [-0.2, 0) is 17.6 Å². The molecule has 2 saturated carbocycles. The van der Waals surface area contributed by atoms with Gasteiger partial charge >= 0.3 is 0 Å². The first-order chi connectivity index (χ1) is 25.0. The minimum Gasteiger partial charge on any atom is -0.487 e. The lowest BCUT2D eigenvalue weighted by Crippen LogP contribution is -2.50. The number of aliphatic hydroxyl groups is 1. The molecule has 3 aromatic rings. The van der Waals surface area contributed by atoms with Gasteiger partial charge in [-0.25, -0.2) is 0 Å². The van der Waals surface area contributed by atoms with Gasteiger partial charge in [0.2, 0.25) is 5.91 Å². The molecule has 2 amide bonds. The van der Waals surface area contributed by atoms with Gasteiger partial charge < -0.3 is 29.9 Å². The van der Waals surface area contributed by atoms with E-state index in [1.807, 2.05) is 30.3 Å². The third kappa shape index (κ3) is 8.16. The van der Waals surface area contributed by atoms with Crippen molar-refractivity contribution in [1.82, 2.24) is 15.2 Å². The summed E-state index contributed by atoms with van der Waals surface area (Å²) in [6.07, 6.45) is 12.2. The van der Waals surface area contributed by atoms with Gasteiger partial charge in [0.05, 0.1) is 17.7 Å². The molecule has 1 aromatic heterocycles. The maximum atomic E-state index is 14.2. The molecule has 2 aromatic carbocycles. The molecule has 1 spiro atoms. The molecule has 3 atom stereocenters. The number of hydrogen-bond donors (Lipinski definition) is 3. The first-order valence-corrected chi connectivity index (χ1v) is 19.6. The van der Waals surface area contributed by atoms with Crippen LogP contribution < -0.4 is 25.8 Å². The SMILES string of the molecule is CC(C)(C)Cc1ccc2c(c1)[C@@H](NC[C@@H](O)[C@H](Cc1ccccc1)NC(=O)c1cc(N3CCCC3=O)c(=O)n(C3CCCC3)c1)CC1(CCCC1)O2. The van der Waals surface area contributed by atoms with E-state index in [-0.39, 0.29) is 52.7 Å². The molecule has 3 heterocycles. The standard InChI is InChI=1S/C43H56N4O5/c1-42(2,3)25-30-17-18-38-33(22-30)35(26-43(52-38)19-9-10-20-43)44-27-37(48)34(23-29-12-5-4-6-13-29)45-40(50)31-24-36(46-21-11-16-39(46)49)41(51)47(28-31)32-14-7-8-15-32/h4-6,12-13,17-18,22,24,28,32,34-35,37,44,48H,7-11,14-16,19-21,23,25-27H2,1-3H3,(H,45,50)/t34-,35-,37+/m0/s1. The molecule has 52 heavy (non-hydrogen) atoms. The van der Waals surface area contributed by atoms with Crippen LogP contribution in [0, 0.1) is 5.41 Å². The zero-order valence-electron chi connectivity index (χ0n) is 31.2. The van der Waals surface area contributed by atoms with Crippen LogP contribution in [0.1, 0.15) is 131 Å². The molecule has 9 nitrogen and oxygen atoms in total. The highest BCUT2D eigenvalue weighted by atomic mass is 16.5. The van der Waals surface area contributed by atoms with Crippen molar-refractivity contribution in [3.8, 4) is 5.75 Å². The Morgan fingerprint density at radius 1 is 0.981 bits per heavy atom. The normalized spacial score (nSPS) is 21.3. The van der Waals surface area contributed by atoms with Crippen molar-refractivity contribution in [3.63, 3.8) is 0 Å². The third-order valence-corrected chi connectivity index (χ3v) is 11.6.